The van der Waals surface area contributed by atoms with Crippen molar-refractivity contribution in [2.75, 3.05) is 36.4 Å². The Balaban J connectivity index is 1.25. The van der Waals surface area contributed by atoms with E-state index in [1.807, 2.05) is 46.6 Å². The lowest BCUT2D eigenvalue weighted by atomic mass is 10.2. The number of halogens is 1. The number of fused-ring (bicyclic) bond motifs is 1. The number of nitrogens with zero attached hydrogens (tertiary/aromatic N) is 6. The molecular formula is C30H27ClN8OS. The van der Waals surface area contributed by atoms with E-state index >= 15 is 0 Å². The van der Waals surface area contributed by atoms with Crippen molar-refractivity contribution in [3.8, 4) is 16.8 Å². The predicted molar refractivity (Wildman–Crippen MR) is 164 cm³/mol. The molecule has 1 saturated carbocycles. The molecule has 1 saturated heterocycles. The molecule has 2 aliphatic rings. The quantitative estimate of drug-likeness (QED) is 0.281. The molecule has 1 aromatic carbocycles. The normalized spacial score (nSPS) is 15.1. The first-order valence-electron chi connectivity index (χ1n) is 13.6. The van der Waals surface area contributed by atoms with Gasteiger partial charge in [-0.05, 0) is 54.6 Å². The fraction of sp³-hybridized carbons (Fsp3) is 0.267. The standard InChI is InChI=1S/C30H27ClN8OS/c31-25-17-24(6-7-26(25)37-13-10-32-11-14-37)35-30-33-18-23-16-21(5-4-20-2-3-20)28(40)38(27(23)36-30)19-22-8-15-41-29(22)39-12-1-9-34-39/h1,6-9,12,15-18,20,32H,2-3,10-11,13-14,19H2,(H,33,35,36). The maximum Gasteiger partial charge on any atom is 0.268 e. The number of benzene rings is 1. The molecule has 7 rings (SSSR count). The topological polar surface area (TPSA) is 92.9 Å². The number of hydrogen-bond acceptors (Lipinski definition) is 8. The number of anilines is 3. The second kappa shape index (κ2) is 11.0. The van der Waals surface area contributed by atoms with Crippen LogP contribution in [0.5, 0.6) is 0 Å². The Bertz CT molecular complexity index is 1840. The lowest BCUT2D eigenvalue weighted by molar-refractivity contribution is 0.589. The molecule has 0 radical (unpaired) electrons. The summed E-state index contributed by atoms with van der Waals surface area (Å²) in [7, 11) is 0. The van der Waals surface area contributed by atoms with E-state index in [2.05, 4.69) is 37.5 Å². The highest BCUT2D eigenvalue weighted by Crippen LogP contribution is 2.31. The minimum atomic E-state index is -0.170. The maximum atomic E-state index is 13.8. The second-order valence-corrected chi connectivity index (χ2v) is 11.5. The summed E-state index contributed by atoms with van der Waals surface area (Å²) >= 11 is 8.25. The van der Waals surface area contributed by atoms with Gasteiger partial charge in [-0.15, -0.1) is 11.3 Å². The predicted octanol–water partition coefficient (Wildman–Crippen LogP) is 4.66. The lowest BCUT2D eigenvalue weighted by Gasteiger charge is -2.30. The molecule has 1 aliphatic heterocycles. The maximum absolute atomic E-state index is 13.8. The van der Waals surface area contributed by atoms with Gasteiger partial charge in [-0.25, -0.2) is 9.67 Å². The first kappa shape index (κ1) is 25.8. The van der Waals surface area contributed by atoms with Gasteiger partial charge in [0, 0.05) is 67.3 Å². The van der Waals surface area contributed by atoms with Crippen molar-refractivity contribution in [1.82, 2.24) is 29.6 Å². The number of hydrogen-bond donors (Lipinski definition) is 2. The number of aromatic nitrogens is 5. The summed E-state index contributed by atoms with van der Waals surface area (Å²) in [6.45, 7) is 4.03. The zero-order chi connectivity index (χ0) is 27.8. The molecule has 2 N–H and O–H groups in total. The van der Waals surface area contributed by atoms with Gasteiger partial charge in [0.2, 0.25) is 5.95 Å². The highest BCUT2D eigenvalue weighted by molar-refractivity contribution is 7.12. The van der Waals surface area contributed by atoms with E-state index in [-0.39, 0.29) is 5.56 Å². The number of pyridine rings is 1. The van der Waals surface area contributed by atoms with Crippen LogP contribution < -0.4 is 21.1 Å². The van der Waals surface area contributed by atoms with Crippen molar-refractivity contribution in [2.24, 2.45) is 5.92 Å². The van der Waals surface area contributed by atoms with Crippen LogP contribution in [0.4, 0.5) is 17.3 Å². The van der Waals surface area contributed by atoms with Crippen LogP contribution in [0.25, 0.3) is 16.0 Å². The van der Waals surface area contributed by atoms with Gasteiger partial charge in [0.05, 0.1) is 22.8 Å². The molecule has 206 valence electrons. The largest absolute Gasteiger partial charge is 0.368 e. The summed E-state index contributed by atoms with van der Waals surface area (Å²) < 4.78 is 3.51. The van der Waals surface area contributed by atoms with Crippen LogP contribution in [0.2, 0.25) is 5.02 Å². The van der Waals surface area contributed by atoms with Crippen LogP contribution in [0, 0.1) is 17.8 Å². The minimum absolute atomic E-state index is 0.170. The van der Waals surface area contributed by atoms with Crippen molar-refractivity contribution in [2.45, 2.75) is 19.4 Å². The molecule has 0 amide bonds. The Labute approximate surface area is 245 Å². The van der Waals surface area contributed by atoms with Gasteiger partial charge in [0.25, 0.3) is 5.56 Å². The molecule has 0 unspecified atom stereocenters. The van der Waals surface area contributed by atoms with Crippen molar-refractivity contribution in [3.05, 3.63) is 86.9 Å². The summed E-state index contributed by atoms with van der Waals surface area (Å²) in [6, 6.07) is 11.6. The molecule has 11 heteroatoms. The molecule has 0 spiro atoms. The second-order valence-electron chi connectivity index (χ2n) is 10.2. The van der Waals surface area contributed by atoms with Crippen LogP contribution in [0.1, 0.15) is 24.0 Å². The number of thiophene rings is 1. The molecule has 9 nitrogen and oxygen atoms in total. The zero-order valence-corrected chi connectivity index (χ0v) is 23.8. The molecule has 1 aliphatic carbocycles. The van der Waals surface area contributed by atoms with E-state index in [1.54, 1.807) is 34.4 Å². The Kier molecular flexibility index (Phi) is 6.92. The van der Waals surface area contributed by atoms with Crippen LogP contribution in [0.3, 0.4) is 0 Å². The van der Waals surface area contributed by atoms with Crippen LogP contribution in [0.15, 0.2) is 65.2 Å². The Morgan fingerprint density at radius 1 is 1.17 bits per heavy atom. The van der Waals surface area contributed by atoms with Crippen molar-refractivity contribution >= 4 is 51.3 Å². The first-order valence-corrected chi connectivity index (χ1v) is 14.9. The Morgan fingerprint density at radius 2 is 2.05 bits per heavy atom. The molecule has 0 bridgehead atoms. The fourth-order valence-electron chi connectivity index (χ4n) is 4.95. The lowest BCUT2D eigenvalue weighted by Crippen LogP contribution is -2.43. The van der Waals surface area contributed by atoms with E-state index in [0.717, 1.165) is 66.3 Å². The zero-order valence-electron chi connectivity index (χ0n) is 22.2. The van der Waals surface area contributed by atoms with Gasteiger partial charge < -0.3 is 15.5 Å². The van der Waals surface area contributed by atoms with Gasteiger partial charge in [-0.1, -0.05) is 23.4 Å². The molecular weight excluding hydrogens is 556 g/mol. The van der Waals surface area contributed by atoms with Gasteiger partial charge in [-0.3, -0.25) is 9.36 Å². The number of piperazine rings is 1. The SMILES string of the molecule is O=c1c(C#CC2CC2)cc2cnc(Nc3ccc(N4CCNCC4)c(Cl)c3)nc2n1Cc1ccsc1-n1cccn1. The Hall–Kier alpha value is -4.17. The van der Waals surface area contributed by atoms with Crippen molar-refractivity contribution in [3.63, 3.8) is 0 Å². The number of rotatable bonds is 6. The van der Waals surface area contributed by atoms with Crippen molar-refractivity contribution < 1.29 is 0 Å². The van der Waals surface area contributed by atoms with E-state index in [9.17, 15) is 4.79 Å². The van der Waals surface area contributed by atoms with E-state index in [4.69, 9.17) is 16.6 Å². The average Bonchev–Trinajstić information content (AvgIpc) is 3.44. The summed E-state index contributed by atoms with van der Waals surface area (Å²) in [4.78, 5) is 25.4. The summed E-state index contributed by atoms with van der Waals surface area (Å²) in [6.07, 6.45) is 7.57. The van der Waals surface area contributed by atoms with Crippen LogP contribution >= 0.6 is 22.9 Å². The van der Waals surface area contributed by atoms with E-state index in [1.165, 1.54) is 0 Å². The van der Waals surface area contributed by atoms with Crippen molar-refractivity contribution in [1.29, 1.82) is 0 Å². The monoisotopic (exact) mass is 582 g/mol. The van der Waals surface area contributed by atoms with E-state index in [0.29, 0.717) is 34.6 Å². The number of nitrogens with one attached hydrogen (secondary N) is 2. The molecule has 41 heavy (non-hydrogen) atoms. The third kappa shape index (κ3) is 5.44. The van der Waals surface area contributed by atoms with Gasteiger partial charge in [0.15, 0.2) is 0 Å². The molecule has 5 aromatic rings. The van der Waals surface area contributed by atoms with Gasteiger partial charge >= 0.3 is 0 Å². The summed E-state index contributed by atoms with van der Waals surface area (Å²) in [5.41, 5.74) is 3.57. The average molecular weight is 583 g/mol. The van der Waals surface area contributed by atoms with Gasteiger partial charge in [0.1, 0.15) is 10.6 Å². The van der Waals surface area contributed by atoms with Crippen LogP contribution in [-0.4, -0.2) is 50.5 Å². The van der Waals surface area contributed by atoms with E-state index < -0.39 is 0 Å². The highest BCUT2D eigenvalue weighted by Gasteiger charge is 2.19. The summed E-state index contributed by atoms with van der Waals surface area (Å²) in [5.74, 6) is 7.12. The first-order chi connectivity index (χ1) is 20.1. The molecule has 4 aromatic heterocycles. The van der Waals surface area contributed by atoms with Crippen LogP contribution in [-0.2, 0) is 6.54 Å². The third-order valence-corrected chi connectivity index (χ3v) is 8.49. The summed E-state index contributed by atoms with van der Waals surface area (Å²) in [5, 5.41) is 15.4. The minimum Gasteiger partial charge on any atom is -0.368 e. The van der Waals surface area contributed by atoms with Gasteiger partial charge in [-0.2, -0.15) is 10.1 Å². The molecule has 0 atom stereocenters. The highest BCUT2D eigenvalue weighted by atomic mass is 35.5. The third-order valence-electron chi connectivity index (χ3n) is 7.24. The molecule has 5 heterocycles. The molecule has 2 fully saturated rings. The fourth-order valence-corrected chi connectivity index (χ4v) is 6.11. The smallest absolute Gasteiger partial charge is 0.268 e. The Morgan fingerprint density at radius 3 is 2.83 bits per heavy atom.